The van der Waals surface area contributed by atoms with E-state index in [1.165, 1.54) is 23.6 Å². The first-order valence-corrected chi connectivity index (χ1v) is 9.64. The molecule has 0 bridgehead atoms. The molecular formula is C19H17ClN2O3S. The predicted molar refractivity (Wildman–Crippen MR) is 103 cm³/mol. The second-order valence-corrected chi connectivity index (χ2v) is 7.96. The van der Waals surface area contributed by atoms with Gasteiger partial charge in [0, 0.05) is 13.2 Å². The molecule has 2 aromatic carbocycles. The van der Waals surface area contributed by atoms with Gasteiger partial charge in [0.1, 0.15) is 15.8 Å². The van der Waals surface area contributed by atoms with E-state index < -0.39 is 10.0 Å². The largest absolute Gasteiger partial charge is 0.455 e. The number of hydrogen-bond donors (Lipinski definition) is 0. The minimum Gasteiger partial charge on any atom is -0.455 e. The average molecular weight is 389 g/mol. The lowest BCUT2D eigenvalue weighted by atomic mass is 10.3. The van der Waals surface area contributed by atoms with Crippen LogP contribution in [0, 0.1) is 6.92 Å². The number of rotatable bonds is 5. The van der Waals surface area contributed by atoms with Gasteiger partial charge in [-0.1, -0.05) is 41.9 Å². The Kier molecular flexibility index (Phi) is 5.15. The van der Waals surface area contributed by atoms with Crippen LogP contribution in [0.5, 0.6) is 11.5 Å². The van der Waals surface area contributed by atoms with Gasteiger partial charge in [0.25, 0.3) is 10.0 Å². The lowest BCUT2D eigenvalue weighted by molar-refractivity contribution is 0.483. The van der Waals surface area contributed by atoms with Crippen LogP contribution >= 0.6 is 11.6 Å². The number of para-hydroxylation sites is 3. The number of halogens is 1. The van der Waals surface area contributed by atoms with Crippen molar-refractivity contribution in [1.29, 1.82) is 0 Å². The predicted octanol–water partition coefficient (Wildman–Crippen LogP) is 4.66. The first-order valence-electron chi connectivity index (χ1n) is 7.82. The summed E-state index contributed by atoms with van der Waals surface area (Å²) < 4.78 is 33.0. The normalized spacial score (nSPS) is 11.2. The summed E-state index contributed by atoms with van der Waals surface area (Å²) in [4.78, 5) is 4.01. The van der Waals surface area contributed by atoms with E-state index in [1.807, 2.05) is 18.2 Å². The summed E-state index contributed by atoms with van der Waals surface area (Å²) in [6, 6.07) is 17.6. The standard InChI is InChI=1S/C19H17ClN2O3S/c1-14-12-16(13-21-19(14)20)26(23,24)22(2)17-10-6-7-11-18(17)25-15-8-4-3-5-9-15/h3-13H,1-2H3. The summed E-state index contributed by atoms with van der Waals surface area (Å²) in [6.07, 6.45) is 1.25. The minimum absolute atomic E-state index is 0.0661. The van der Waals surface area contributed by atoms with E-state index in [4.69, 9.17) is 16.3 Å². The van der Waals surface area contributed by atoms with E-state index in [-0.39, 0.29) is 10.0 Å². The fourth-order valence-electron chi connectivity index (χ4n) is 2.38. The molecule has 0 N–H and O–H groups in total. The molecule has 0 fully saturated rings. The molecule has 26 heavy (non-hydrogen) atoms. The fraction of sp³-hybridized carbons (Fsp3) is 0.105. The molecule has 0 atom stereocenters. The Bertz CT molecular complexity index is 1020. The van der Waals surface area contributed by atoms with Gasteiger partial charge in [-0.3, -0.25) is 4.31 Å². The molecule has 1 aromatic heterocycles. The maximum atomic E-state index is 13.0. The van der Waals surface area contributed by atoms with Crippen molar-refractivity contribution in [2.45, 2.75) is 11.8 Å². The third-order valence-corrected chi connectivity index (χ3v) is 5.96. The van der Waals surface area contributed by atoms with Crippen molar-refractivity contribution in [2.75, 3.05) is 11.4 Å². The van der Waals surface area contributed by atoms with Gasteiger partial charge in [0.15, 0.2) is 5.75 Å². The molecule has 3 rings (SSSR count). The summed E-state index contributed by atoms with van der Waals surface area (Å²) >= 11 is 5.90. The van der Waals surface area contributed by atoms with Crippen molar-refractivity contribution in [3.63, 3.8) is 0 Å². The Morgan fingerprint density at radius 3 is 2.38 bits per heavy atom. The highest BCUT2D eigenvalue weighted by Gasteiger charge is 2.25. The van der Waals surface area contributed by atoms with Crippen LogP contribution < -0.4 is 9.04 Å². The number of ether oxygens (including phenoxy) is 1. The second kappa shape index (κ2) is 7.35. The average Bonchev–Trinajstić information content (AvgIpc) is 2.64. The van der Waals surface area contributed by atoms with Crippen LogP contribution in [0.25, 0.3) is 0 Å². The number of aromatic nitrogens is 1. The molecule has 5 nitrogen and oxygen atoms in total. The summed E-state index contributed by atoms with van der Waals surface area (Å²) in [5, 5.41) is 0.277. The van der Waals surface area contributed by atoms with E-state index in [2.05, 4.69) is 4.98 Å². The number of hydrogen-bond acceptors (Lipinski definition) is 4. The Balaban J connectivity index is 1.99. The first kappa shape index (κ1) is 18.2. The lowest BCUT2D eigenvalue weighted by Crippen LogP contribution is -2.27. The molecule has 0 unspecified atom stereocenters. The summed E-state index contributed by atoms with van der Waals surface area (Å²) in [5.74, 6) is 1.05. The molecule has 0 aliphatic heterocycles. The molecule has 3 aromatic rings. The highest BCUT2D eigenvalue weighted by Crippen LogP contribution is 2.34. The quantitative estimate of drug-likeness (QED) is 0.596. The van der Waals surface area contributed by atoms with E-state index in [0.717, 1.165) is 0 Å². The monoisotopic (exact) mass is 388 g/mol. The Labute approximate surface area is 157 Å². The molecule has 0 saturated heterocycles. The van der Waals surface area contributed by atoms with Crippen LogP contribution in [-0.4, -0.2) is 20.4 Å². The molecule has 0 aliphatic carbocycles. The number of sulfonamides is 1. The van der Waals surface area contributed by atoms with Crippen LogP contribution in [0.3, 0.4) is 0 Å². The summed E-state index contributed by atoms with van der Waals surface area (Å²) in [5.41, 5.74) is 1.01. The van der Waals surface area contributed by atoms with Gasteiger partial charge in [-0.15, -0.1) is 0 Å². The first-order chi connectivity index (χ1) is 12.4. The second-order valence-electron chi connectivity index (χ2n) is 5.63. The maximum Gasteiger partial charge on any atom is 0.265 e. The molecular weight excluding hydrogens is 372 g/mol. The zero-order valence-electron chi connectivity index (χ0n) is 14.3. The van der Waals surface area contributed by atoms with Gasteiger partial charge in [-0.05, 0) is 42.8 Å². The Morgan fingerprint density at radius 1 is 1.04 bits per heavy atom. The topological polar surface area (TPSA) is 59.5 Å². The van der Waals surface area contributed by atoms with E-state index in [1.54, 1.807) is 43.3 Å². The van der Waals surface area contributed by atoms with Gasteiger partial charge >= 0.3 is 0 Å². The molecule has 7 heteroatoms. The zero-order valence-corrected chi connectivity index (χ0v) is 15.8. The van der Waals surface area contributed by atoms with Crippen molar-refractivity contribution in [2.24, 2.45) is 0 Å². The molecule has 0 aliphatic rings. The van der Waals surface area contributed by atoms with Crippen molar-refractivity contribution < 1.29 is 13.2 Å². The van der Waals surface area contributed by atoms with Crippen molar-refractivity contribution >= 4 is 27.3 Å². The minimum atomic E-state index is -3.81. The smallest absolute Gasteiger partial charge is 0.265 e. The fourth-order valence-corrected chi connectivity index (χ4v) is 3.72. The van der Waals surface area contributed by atoms with Crippen molar-refractivity contribution in [3.8, 4) is 11.5 Å². The van der Waals surface area contributed by atoms with Gasteiger partial charge in [0.05, 0.1) is 5.69 Å². The highest BCUT2D eigenvalue weighted by molar-refractivity contribution is 7.92. The Hall–Kier alpha value is -2.57. The van der Waals surface area contributed by atoms with Crippen LogP contribution in [0.4, 0.5) is 5.69 Å². The van der Waals surface area contributed by atoms with E-state index in [0.29, 0.717) is 22.7 Å². The number of pyridine rings is 1. The van der Waals surface area contributed by atoms with Crippen LogP contribution in [0.15, 0.2) is 71.8 Å². The molecule has 0 spiro atoms. The van der Waals surface area contributed by atoms with Crippen molar-refractivity contribution in [1.82, 2.24) is 4.98 Å². The van der Waals surface area contributed by atoms with Crippen LogP contribution in [0.2, 0.25) is 5.15 Å². The SMILES string of the molecule is Cc1cc(S(=O)(=O)N(C)c2ccccc2Oc2ccccc2)cnc1Cl. The molecule has 1 heterocycles. The van der Waals surface area contributed by atoms with Gasteiger partial charge < -0.3 is 4.74 Å². The highest BCUT2D eigenvalue weighted by atomic mass is 35.5. The van der Waals surface area contributed by atoms with Crippen molar-refractivity contribution in [3.05, 3.63) is 77.6 Å². The maximum absolute atomic E-state index is 13.0. The van der Waals surface area contributed by atoms with E-state index >= 15 is 0 Å². The molecule has 134 valence electrons. The number of aryl methyl sites for hydroxylation is 1. The van der Waals surface area contributed by atoms with E-state index in [9.17, 15) is 8.42 Å². The number of nitrogens with zero attached hydrogens (tertiary/aromatic N) is 2. The summed E-state index contributed by atoms with van der Waals surface area (Å²) in [7, 11) is -2.34. The van der Waals surface area contributed by atoms with Crippen LogP contribution in [-0.2, 0) is 10.0 Å². The van der Waals surface area contributed by atoms with Gasteiger partial charge in [-0.2, -0.15) is 0 Å². The van der Waals surface area contributed by atoms with Crippen LogP contribution in [0.1, 0.15) is 5.56 Å². The third-order valence-electron chi connectivity index (χ3n) is 3.82. The zero-order chi connectivity index (χ0) is 18.7. The van der Waals surface area contributed by atoms with Gasteiger partial charge in [0.2, 0.25) is 0 Å². The molecule has 0 amide bonds. The lowest BCUT2D eigenvalue weighted by Gasteiger charge is -2.22. The summed E-state index contributed by atoms with van der Waals surface area (Å²) in [6.45, 7) is 1.71. The Morgan fingerprint density at radius 2 is 1.69 bits per heavy atom. The van der Waals surface area contributed by atoms with Gasteiger partial charge in [-0.25, -0.2) is 13.4 Å². The number of anilines is 1. The third kappa shape index (κ3) is 3.66. The number of benzene rings is 2. The molecule has 0 saturated carbocycles. The molecule has 0 radical (unpaired) electrons.